The monoisotopic (exact) mass is 256 g/mol. The van der Waals surface area contributed by atoms with Crippen molar-refractivity contribution in [3.8, 4) is 0 Å². The number of nitrogens with one attached hydrogen (secondary N) is 1. The molecule has 4 heteroatoms. The fraction of sp³-hybridized carbons (Fsp3) is 0.538. The smallest absolute Gasteiger partial charge is 0.0764 e. The predicted molar refractivity (Wildman–Crippen MR) is 74.4 cm³/mol. The Balaban J connectivity index is 2.56. The van der Waals surface area contributed by atoms with Crippen molar-refractivity contribution in [1.29, 1.82) is 0 Å². The molecule has 0 aliphatic heterocycles. The molecule has 0 saturated carbocycles. The van der Waals surface area contributed by atoms with Gasteiger partial charge in [0.2, 0.25) is 0 Å². The number of halogens is 1. The van der Waals surface area contributed by atoms with Crippen molar-refractivity contribution in [2.45, 2.75) is 33.3 Å². The van der Waals surface area contributed by atoms with Gasteiger partial charge in [-0.1, -0.05) is 38.4 Å². The second kappa shape index (κ2) is 5.61. The summed E-state index contributed by atoms with van der Waals surface area (Å²) >= 11 is 6.02. The van der Waals surface area contributed by atoms with E-state index in [1.165, 1.54) is 0 Å². The summed E-state index contributed by atoms with van der Waals surface area (Å²) in [5.41, 5.74) is 7.20. The summed E-state index contributed by atoms with van der Waals surface area (Å²) in [7, 11) is 0. The van der Waals surface area contributed by atoms with Crippen molar-refractivity contribution >= 4 is 23.0 Å². The van der Waals surface area contributed by atoms with Crippen LogP contribution in [0.5, 0.6) is 0 Å². The van der Waals surface area contributed by atoms with E-state index in [-0.39, 0.29) is 5.41 Å². The predicted octanol–water partition coefficient (Wildman–Crippen LogP) is 3.13. The molecule has 0 amide bonds. The Morgan fingerprint density at radius 1 is 1.41 bits per heavy atom. The molecule has 96 valence electrons. The van der Waals surface area contributed by atoms with Crippen LogP contribution in [0, 0.1) is 5.41 Å². The maximum atomic E-state index is 9.88. The van der Waals surface area contributed by atoms with Crippen molar-refractivity contribution in [3.63, 3.8) is 0 Å². The average Bonchev–Trinajstić information content (AvgIpc) is 2.14. The number of para-hydroxylation sites is 1. The second-order valence-electron chi connectivity index (χ2n) is 5.50. The van der Waals surface area contributed by atoms with Gasteiger partial charge in [0.15, 0.2) is 0 Å². The van der Waals surface area contributed by atoms with Crippen LogP contribution >= 0.6 is 11.6 Å². The van der Waals surface area contributed by atoms with E-state index < -0.39 is 6.10 Å². The van der Waals surface area contributed by atoms with Crippen LogP contribution in [-0.4, -0.2) is 17.8 Å². The van der Waals surface area contributed by atoms with Crippen LogP contribution in [0.4, 0.5) is 11.4 Å². The van der Waals surface area contributed by atoms with Crippen LogP contribution in [0.2, 0.25) is 5.02 Å². The lowest BCUT2D eigenvalue weighted by Crippen LogP contribution is -2.25. The summed E-state index contributed by atoms with van der Waals surface area (Å²) in [6.45, 7) is 6.74. The Labute approximate surface area is 108 Å². The number of anilines is 2. The van der Waals surface area contributed by atoms with Gasteiger partial charge < -0.3 is 16.2 Å². The average molecular weight is 257 g/mol. The maximum Gasteiger partial charge on any atom is 0.0764 e. The third-order valence-electron chi connectivity index (χ3n) is 2.41. The molecule has 1 unspecified atom stereocenters. The molecule has 0 aromatic heterocycles. The minimum absolute atomic E-state index is 0.104. The zero-order chi connectivity index (χ0) is 13.1. The van der Waals surface area contributed by atoms with E-state index in [0.717, 1.165) is 6.42 Å². The molecule has 0 fully saturated rings. The minimum atomic E-state index is -0.411. The van der Waals surface area contributed by atoms with Crippen LogP contribution in [-0.2, 0) is 0 Å². The molecule has 1 atom stereocenters. The molecule has 1 aromatic rings. The van der Waals surface area contributed by atoms with Gasteiger partial charge in [0.25, 0.3) is 0 Å². The molecule has 0 aliphatic carbocycles. The minimum Gasteiger partial charge on any atom is -0.397 e. The molecular formula is C13H21ClN2O. The van der Waals surface area contributed by atoms with E-state index in [2.05, 4.69) is 26.1 Å². The standard InChI is InChI=1S/C13H21ClN2O/c1-13(2,3)7-9(17)8-16-12-10(14)5-4-6-11(12)15/h4-6,9,16-17H,7-8,15H2,1-3H3. The molecule has 0 aliphatic rings. The lowest BCUT2D eigenvalue weighted by molar-refractivity contribution is 0.132. The first kappa shape index (κ1) is 14.1. The highest BCUT2D eigenvalue weighted by molar-refractivity contribution is 6.33. The van der Waals surface area contributed by atoms with Gasteiger partial charge in [-0.25, -0.2) is 0 Å². The van der Waals surface area contributed by atoms with Gasteiger partial charge in [0.1, 0.15) is 0 Å². The highest BCUT2D eigenvalue weighted by atomic mass is 35.5. The Kier molecular flexibility index (Phi) is 4.66. The van der Waals surface area contributed by atoms with Crippen LogP contribution in [0.25, 0.3) is 0 Å². The Morgan fingerprint density at radius 3 is 2.59 bits per heavy atom. The zero-order valence-corrected chi connectivity index (χ0v) is 11.4. The quantitative estimate of drug-likeness (QED) is 0.726. The molecule has 0 bridgehead atoms. The summed E-state index contributed by atoms with van der Waals surface area (Å²) in [6, 6.07) is 5.36. The number of rotatable bonds is 4. The number of hydrogen-bond acceptors (Lipinski definition) is 3. The van der Waals surface area contributed by atoms with Crippen molar-refractivity contribution in [2.24, 2.45) is 5.41 Å². The molecule has 4 N–H and O–H groups in total. The third kappa shape index (κ3) is 4.84. The largest absolute Gasteiger partial charge is 0.397 e. The lowest BCUT2D eigenvalue weighted by Gasteiger charge is -2.23. The number of nitrogens with two attached hydrogens (primary N) is 1. The molecule has 0 radical (unpaired) electrons. The molecule has 1 aromatic carbocycles. The topological polar surface area (TPSA) is 58.3 Å². The van der Waals surface area contributed by atoms with Crippen LogP contribution in [0.1, 0.15) is 27.2 Å². The number of hydrogen-bond donors (Lipinski definition) is 3. The fourth-order valence-corrected chi connectivity index (χ4v) is 1.97. The van der Waals surface area contributed by atoms with E-state index in [9.17, 15) is 5.11 Å². The summed E-state index contributed by atoms with van der Waals surface area (Å²) in [5.74, 6) is 0. The Hall–Kier alpha value is -0.930. The van der Waals surface area contributed by atoms with E-state index in [0.29, 0.717) is 22.9 Å². The van der Waals surface area contributed by atoms with Crippen molar-refractivity contribution in [2.75, 3.05) is 17.6 Å². The van der Waals surface area contributed by atoms with E-state index in [1.807, 2.05) is 0 Å². The fourth-order valence-electron chi connectivity index (χ4n) is 1.73. The highest BCUT2D eigenvalue weighted by Crippen LogP contribution is 2.28. The summed E-state index contributed by atoms with van der Waals surface area (Å²) in [6.07, 6.45) is 0.315. The zero-order valence-electron chi connectivity index (χ0n) is 10.6. The molecule has 0 heterocycles. The molecule has 0 spiro atoms. The summed E-state index contributed by atoms with van der Waals surface area (Å²) in [4.78, 5) is 0. The van der Waals surface area contributed by atoms with Gasteiger partial charge in [-0.2, -0.15) is 0 Å². The van der Waals surface area contributed by atoms with Crippen molar-refractivity contribution < 1.29 is 5.11 Å². The third-order valence-corrected chi connectivity index (χ3v) is 2.72. The first-order valence-corrected chi connectivity index (χ1v) is 6.13. The van der Waals surface area contributed by atoms with E-state index >= 15 is 0 Å². The maximum absolute atomic E-state index is 9.88. The van der Waals surface area contributed by atoms with Crippen LogP contribution in [0.3, 0.4) is 0 Å². The number of nitrogen functional groups attached to an aromatic ring is 1. The second-order valence-corrected chi connectivity index (χ2v) is 5.91. The van der Waals surface area contributed by atoms with Gasteiger partial charge >= 0.3 is 0 Å². The van der Waals surface area contributed by atoms with Crippen molar-refractivity contribution in [1.82, 2.24) is 0 Å². The first-order valence-electron chi connectivity index (χ1n) is 5.75. The molecule has 1 rings (SSSR count). The van der Waals surface area contributed by atoms with Gasteiger partial charge in [0.05, 0.1) is 22.5 Å². The van der Waals surface area contributed by atoms with Gasteiger partial charge in [-0.15, -0.1) is 0 Å². The first-order chi connectivity index (χ1) is 7.79. The number of benzene rings is 1. The summed E-state index contributed by atoms with van der Waals surface area (Å²) in [5, 5.41) is 13.6. The van der Waals surface area contributed by atoms with Gasteiger partial charge in [-0.3, -0.25) is 0 Å². The van der Waals surface area contributed by atoms with Gasteiger partial charge in [0, 0.05) is 6.54 Å². The van der Waals surface area contributed by atoms with Gasteiger partial charge in [-0.05, 0) is 24.0 Å². The normalized spacial score (nSPS) is 13.5. The molecule has 0 saturated heterocycles. The van der Waals surface area contributed by atoms with E-state index in [4.69, 9.17) is 17.3 Å². The van der Waals surface area contributed by atoms with Crippen LogP contribution in [0.15, 0.2) is 18.2 Å². The SMILES string of the molecule is CC(C)(C)CC(O)CNc1c(N)cccc1Cl. The van der Waals surface area contributed by atoms with Crippen molar-refractivity contribution in [3.05, 3.63) is 23.2 Å². The van der Waals surface area contributed by atoms with E-state index in [1.54, 1.807) is 18.2 Å². The highest BCUT2D eigenvalue weighted by Gasteiger charge is 2.17. The molecule has 3 nitrogen and oxygen atoms in total. The molecule has 17 heavy (non-hydrogen) atoms. The van der Waals surface area contributed by atoms with Crippen LogP contribution < -0.4 is 11.1 Å². The molecular weight excluding hydrogens is 236 g/mol. The lowest BCUT2D eigenvalue weighted by atomic mass is 9.89. The number of aliphatic hydroxyl groups excluding tert-OH is 1. The number of aliphatic hydroxyl groups is 1. The summed E-state index contributed by atoms with van der Waals surface area (Å²) < 4.78 is 0. The Morgan fingerprint density at radius 2 is 2.06 bits per heavy atom. The Bertz CT molecular complexity index is 354.